The fraction of sp³-hybridized carbons (Fsp3) is 0.364. The van der Waals surface area contributed by atoms with Gasteiger partial charge in [0.25, 0.3) is 0 Å². The zero-order valence-corrected chi connectivity index (χ0v) is 10.2. The van der Waals surface area contributed by atoms with Crippen LogP contribution in [0.2, 0.25) is 0 Å². The molecule has 0 bridgehead atoms. The van der Waals surface area contributed by atoms with E-state index in [1.54, 1.807) is 0 Å². The molecule has 0 aliphatic carbocycles. The van der Waals surface area contributed by atoms with Crippen molar-refractivity contribution in [1.29, 1.82) is 0 Å². The molecule has 0 unspecified atom stereocenters. The molecule has 0 aromatic carbocycles. The zero-order chi connectivity index (χ0) is 10.3. The van der Waals surface area contributed by atoms with Crippen molar-refractivity contribution in [2.24, 2.45) is 0 Å². The molecule has 0 fully saturated rings. The van der Waals surface area contributed by atoms with E-state index in [-0.39, 0.29) is 0 Å². The lowest BCUT2D eigenvalue weighted by molar-refractivity contribution is 0.798. The predicted molar refractivity (Wildman–Crippen MR) is 61.7 cm³/mol. The Hall–Kier alpha value is -0.830. The first-order valence-corrected chi connectivity index (χ1v) is 5.53. The van der Waals surface area contributed by atoms with E-state index < -0.39 is 0 Å². The molecule has 0 spiro atoms. The van der Waals surface area contributed by atoms with E-state index in [1.807, 2.05) is 18.3 Å². The fourth-order valence-corrected chi connectivity index (χ4v) is 1.95. The maximum atomic E-state index is 4.38. The number of halogens is 1. The highest BCUT2D eigenvalue weighted by Crippen LogP contribution is 2.23. The summed E-state index contributed by atoms with van der Waals surface area (Å²) in [6.07, 6.45) is 1.96. The van der Waals surface area contributed by atoms with Gasteiger partial charge in [-0.1, -0.05) is 13.8 Å². The molecule has 3 heteroatoms. The second kappa shape index (κ2) is 3.39. The van der Waals surface area contributed by atoms with Crippen LogP contribution in [-0.4, -0.2) is 9.38 Å². The molecule has 14 heavy (non-hydrogen) atoms. The smallest absolute Gasteiger partial charge is 0.137 e. The Bertz CT molecular complexity index is 471. The van der Waals surface area contributed by atoms with Gasteiger partial charge in [0.15, 0.2) is 0 Å². The minimum absolute atomic E-state index is 0.498. The van der Waals surface area contributed by atoms with Crippen molar-refractivity contribution in [3.8, 4) is 0 Å². The monoisotopic (exact) mass is 252 g/mol. The van der Waals surface area contributed by atoms with E-state index >= 15 is 0 Å². The summed E-state index contributed by atoms with van der Waals surface area (Å²) < 4.78 is 3.33. The third kappa shape index (κ3) is 1.36. The molecule has 0 radical (unpaired) electrons. The van der Waals surface area contributed by atoms with Crippen LogP contribution in [0.4, 0.5) is 0 Å². The van der Waals surface area contributed by atoms with Crippen LogP contribution in [0, 0.1) is 6.92 Å². The Balaban J connectivity index is 2.82. The Kier molecular flexibility index (Phi) is 2.35. The van der Waals surface area contributed by atoms with Gasteiger partial charge in [-0.25, -0.2) is 4.98 Å². The molecule has 0 aliphatic rings. The average molecular weight is 253 g/mol. The number of pyridine rings is 1. The summed E-state index contributed by atoms with van der Waals surface area (Å²) in [6, 6.07) is 4.07. The van der Waals surface area contributed by atoms with Gasteiger partial charge in [0.1, 0.15) is 5.65 Å². The van der Waals surface area contributed by atoms with Crippen LogP contribution in [0.3, 0.4) is 0 Å². The SMILES string of the molecule is Cc1c(Br)ccc2ncc(C(C)C)n12. The van der Waals surface area contributed by atoms with Crippen LogP contribution in [0.15, 0.2) is 22.8 Å². The lowest BCUT2D eigenvalue weighted by atomic mass is 10.1. The van der Waals surface area contributed by atoms with E-state index in [9.17, 15) is 0 Å². The van der Waals surface area contributed by atoms with Crippen molar-refractivity contribution < 1.29 is 0 Å². The number of aryl methyl sites for hydroxylation is 1. The summed E-state index contributed by atoms with van der Waals surface area (Å²) in [4.78, 5) is 4.38. The first-order valence-electron chi connectivity index (χ1n) is 4.73. The fourth-order valence-electron chi connectivity index (χ4n) is 1.65. The van der Waals surface area contributed by atoms with Crippen LogP contribution in [0.25, 0.3) is 5.65 Å². The number of hydrogen-bond donors (Lipinski definition) is 0. The molecule has 0 saturated carbocycles. The zero-order valence-electron chi connectivity index (χ0n) is 8.58. The maximum absolute atomic E-state index is 4.38. The number of imidazole rings is 1. The van der Waals surface area contributed by atoms with Gasteiger partial charge in [0, 0.05) is 22.1 Å². The van der Waals surface area contributed by atoms with Crippen molar-refractivity contribution in [3.05, 3.63) is 34.2 Å². The van der Waals surface area contributed by atoms with Crippen molar-refractivity contribution in [1.82, 2.24) is 9.38 Å². The number of nitrogens with zero attached hydrogens (tertiary/aromatic N) is 2. The third-order valence-corrected chi connectivity index (χ3v) is 3.31. The molecular formula is C11H13BrN2. The molecule has 0 atom stereocenters. The molecule has 2 aromatic heterocycles. The van der Waals surface area contributed by atoms with Gasteiger partial charge in [0.2, 0.25) is 0 Å². The van der Waals surface area contributed by atoms with Gasteiger partial charge in [-0.15, -0.1) is 0 Å². The average Bonchev–Trinajstić information content (AvgIpc) is 2.55. The van der Waals surface area contributed by atoms with Gasteiger partial charge in [-0.3, -0.25) is 4.40 Å². The molecule has 74 valence electrons. The minimum atomic E-state index is 0.498. The first-order chi connectivity index (χ1) is 6.61. The topological polar surface area (TPSA) is 17.3 Å². The maximum Gasteiger partial charge on any atom is 0.137 e. The summed E-state index contributed by atoms with van der Waals surface area (Å²) in [6.45, 7) is 6.47. The highest BCUT2D eigenvalue weighted by atomic mass is 79.9. The second-order valence-electron chi connectivity index (χ2n) is 3.80. The van der Waals surface area contributed by atoms with Crippen LogP contribution in [-0.2, 0) is 0 Å². The van der Waals surface area contributed by atoms with Crippen LogP contribution < -0.4 is 0 Å². The van der Waals surface area contributed by atoms with Gasteiger partial charge < -0.3 is 0 Å². The van der Waals surface area contributed by atoms with Crippen LogP contribution in [0.5, 0.6) is 0 Å². The normalized spacial score (nSPS) is 11.5. The van der Waals surface area contributed by atoms with Gasteiger partial charge in [0.05, 0.1) is 0 Å². The lowest BCUT2D eigenvalue weighted by Gasteiger charge is -2.09. The Morgan fingerprint density at radius 1 is 1.36 bits per heavy atom. The molecule has 0 N–H and O–H groups in total. The molecule has 2 rings (SSSR count). The molecule has 2 nitrogen and oxygen atoms in total. The van der Waals surface area contributed by atoms with Crippen molar-refractivity contribution >= 4 is 21.6 Å². The summed E-state index contributed by atoms with van der Waals surface area (Å²) in [5.74, 6) is 0.498. The van der Waals surface area contributed by atoms with E-state index in [4.69, 9.17) is 0 Å². The Labute approximate surface area is 92.1 Å². The third-order valence-electron chi connectivity index (χ3n) is 2.47. The highest BCUT2D eigenvalue weighted by Gasteiger charge is 2.09. The largest absolute Gasteiger partial charge is 0.300 e. The molecule has 2 aromatic rings. The van der Waals surface area contributed by atoms with Gasteiger partial charge in [-0.05, 0) is 40.9 Å². The quantitative estimate of drug-likeness (QED) is 0.759. The van der Waals surface area contributed by atoms with E-state index in [1.165, 1.54) is 11.4 Å². The second-order valence-corrected chi connectivity index (χ2v) is 4.65. The summed E-state index contributed by atoms with van der Waals surface area (Å²) >= 11 is 3.54. The number of fused-ring (bicyclic) bond motifs is 1. The Morgan fingerprint density at radius 2 is 2.07 bits per heavy atom. The number of aromatic nitrogens is 2. The summed E-state index contributed by atoms with van der Waals surface area (Å²) in [5.41, 5.74) is 3.50. The molecule has 2 heterocycles. The van der Waals surface area contributed by atoms with Crippen LogP contribution >= 0.6 is 15.9 Å². The Morgan fingerprint density at radius 3 is 2.71 bits per heavy atom. The van der Waals surface area contributed by atoms with Gasteiger partial charge >= 0.3 is 0 Å². The molecular weight excluding hydrogens is 240 g/mol. The molecule has 0 saturated heterocycles. The van der Waals surface area contributed by atoms with Crippen molar-refractivity contribution in [2.75, 3.05) is 0 Å². The summed E-state index contributed by atoms with van der Waals surface area (Å²) in [5, 5.41) is 0. The van der Waals surface area contributed by atoms with Gasteiger partial charge in [-0.2, -0.15) is 0 Å². The van der Waals surface area contributed by atoms with E-state index in [0.717, 1.165) is 10.1 Å². The van der Waals surface area contributed by atoms with Crippen molar-refractivity contribution in [3.63, 3.8) is 0 Å². The standard InChI is InChI=1S/C11H13BrN2/c1-7(2)10-6-13-11-5-4-9(12)8(3)14(10)11/h4-7H,1-3H3. The number of hydrogen-bond acceptors (Lipinski definition) is 1. The molecule has 0 aliphatic heterocycles. The predicted octanol–water partition coefficient (Wildman–Crippen LogP) is 3.53. The van der Waals surface area contributed by atoms with E-state index in [0.29, 0.717) is 5.92 Å². The minimum Gasteiger partial charge on any atom is -0.300 e. The first kappa shape index (κ1) is 9.71. The lowest BCUT2D eigenvalue weighted by Crippen LogP contribution is -1.99. The van der Waals surface area contributed by atoms with Crippen LogP contribution in [0.1, 0.15) is 31.2 Å². The highest BCUT2D eigenvalue weighted by molar-refractivity contribution is 9.10. The summed E-state index contributed by atoms with van der Waals surface area (Å²) in [7, 11) is 0. The van der Waals surface area contributed by atoms with E-state index in [2.05, 4.69) is 46.1 Å². The number of rotatable bonds is 1. The van der Waals surface area contributed by atoms with Crippen molar-refractivity contribution in [2.45, 2.75) is 26.7 Å². The molecule has 0 amide bonds.